The molecule has 37 heavy (non-hydrogen) atoms. The van der Waals surface area contributed by atoms with Gasteiger partial charge in [0.15, 0.2) is 5.76 Å². The minimum Gasteiger partial charge on any atom is -0.486 e. The number of ether oxygens (including phenoxy) is 1. The van der Waals surface area contributed by atoms with Crippen molar-refractivity contribution in [3.8, 4) is 11.4 Å². The van der Waals surface area contributed by atoms with Crippen LogP contribution in [0.2, 0.25) is 0 Å². The molecule has 5 rings (SSSR count). The lowest BCUT2D eigenvalue weighted by Crippen LogP contribution is -2.48. The number of carbonyl (C=O) groups is 1. The number of furan rings is 1. The van der Waals surface area contributed by atoms with Gasteiger partial charge in [-0.25, -0.2) is 4.68 Å². The van der Waals surface area contributed by atoms with Crippen LogP contribution in [-0.4, -0.2) is 51.7 Å². The highest BCUT2D eigenvalue weighted by atomic mass is 16.5. The molecular formula is C30H34N4O3. The van der Waals surface area contributed by atoms with Crippen molar-refractivity contribution in [3.63, 3.8) is 0 Å². The summed E-state index contributed by atoms with van der Waals surface area (Å²) >= 11 is 0. The molecule has 0 bridgehead atoms. The second-order valence-corrected chi connectivity index (χ2v) is 9.84. The Morgan fingerprint density at radius 2 is 1.62 bits per heavy atom. The molecule has 0 aliphatic carbocycles. The number of amides is 1. The number of piperazine rings is 1. The van der Waals surface area contributed by atoms with Crippen LogP contribution in [0.1, 0.15) is 44.4 Å². The molecule has 7 nitrogen and oxygen atoms in total. The maximum atomic E-state index is 13.1. The van der Waals surface area contributed by atoms with E-state index in [1.807, 2.05) is 59.8 Å². The van der Waals surface area contributed by atoms with Crippen LogP contribution in [0.5, 0.6) is 5.75 Å². The Morgan fingerprint density at radius 1 is 0.919 bits per heavy atom. The van der Waals surface area contributed by atoms with Gasteiger partial charge in [0.1, 0.15) is 18.1 Å². The summed E-state index contributed by atoms with van der Waals surface area (Å²) in [6, 6.07) is 19.9. The number of para-hydroxylation sites is 1. The van der Waals surface area contributed by atoms with Crippen molar-refractivity contribution < 1.29 is 13.9 Å². The Morgan fingerprint density at radius 3 is 2.32 bits per heavy atom. The van der Waals surface area contributed by atoms with E-state index in [1.165, 1.54) is 5.56 Å². The van der Waals surface area contributed by atoms with Gasteiger partial charge in [-0.2, -0.15) is 5.10 Å². The summed E-state index contributed by atoms with van der Waals surface area (Å²) < 4.78 is 13.7. The molecule has 192 valence electrons. The highest BCUT2D eigenvalue weighted by Crippen LogP contribution is 2.22. The topological polar surface area (TPSA) is 63.7 Å². The monoisotopic (exact) mass is 498 g/mol. The molecule has 1 amide bonds. The molecular weight excluding hydrogens is 464 g/mol. The van der Waals surface area contributed by atoms with Gasteiger partial charge in [0.25, 0.3) is 5.91 Å². The number of aromatic nitrogens is 2. The minimum absolute atomic E-state index is 0.0680. The average molecular weight is 499 g/mol. The van der Waals surface area contributed by atoms with Crippen molar-refractivity contribution in [2.45, 2.75) is 40.8 Å². The van der Waals surface area contributed by atoms with E-state index in [9.17, 15) is 4.79 Å². The van der Waals surface area contributed by atoms with Gasteiger partial charge >= 0.3 is 0 Å². The first-order chi connectivity index (χ1) is 17.9. The van der Waals surface area contributed by atoms with Crippen molar-refractivity contribution in [2.24, 2.45) is 0 Å². The quantitative estimate of drug-likeness (QED) is 0.349. The van der Waals surface area contributed by atoms with Crippen LogP contribution in [0.25, 0.3) is 5.69 Å². The number of carbonyl (C=O) groups excluding carboxylic acids is 1. The highest BCUT2D eigenvalue weighted by Gasteiger charge is 2.25. The number of benzene rings is 2. The maximum absolute atomic E-state index is 13.1. The lowest BCUT2D eigenvalue weighted by molar-refractivity contribution is 0.0593. The van der Waals surface area contributed by atoms with E-state index in [0.717, 1.165) is 53.6 Å². The smallest absolute Gasteiger partial charge is 0.289 e. The van der Waals surface area contributed by atoms with Crippen molar-refractivity contribution >= 4 is 5.91 Å². The molecule has 1 aliphatic rings. The van der Waals surface area contributed by atoms with Gasteiger partial charge < -0.3 is 14.1 Å². The normalized spacial score (nSPS) is 14.2. The van der Waals surface area contributed by atoms with Crippen molar-refractivity contribution in [3.05, 3.63) is 100 Å². The van der Waals surface area contributed by atoms with Gasteiger partial charge in [-0.3, -0.25) is 9.69 Å². The summed E-state index contributed by atoms with van der Waals surface area (Å²) in [4.78, 5) is 17.3. The van der Waals surface area contributed by atoms with E-state index >= 15 is 0 Å². The molecule has 0 radical (unpaired) electrons. The first-order valence-electron chi connectivity index (χ1n) is 12.8. The van der Waals surface area contributed by atoms with Crippen LogP contribution >= 0.6 is 0 Å². The Labute approximate surface area is 218 Å². The van der Waals surface area contributed by atoms with E-state index in [1.54, 1.807) is 6.07 Å². The summed E-state index contributed by atoms with van der Waals surface area (Å²) in [6.07, 6.45) is 0. The number of hydrogen-bond acceptors (Lipinski definition) is 5. The number of rotatable bonds is 7. The minimum atomic E-state index is -0.0680. The zero-order valence-electron chi connectivity index (χ0n) is 22.0. The summed E-state index contributed by atoms with van der Waals surface area (Å²) in [5.41, 5.74) is 6.84. The SMILES string of the molecule is Cc1cc(C)cc(OCc2ccc(C(=O)N3CCN(Cc4c(C)nn(-c5ccccc5)c4C)CC3)o2)c1. The van der Waals surface area contributed by atoms with Crippen LogP contribution in [0.4, 0.5) is 0 Å². The molecule has 0 unspecified atom stereocenters. The number of aryl methyl sites for hydroxylation is 3. The van der Waals surface area contributed by atoms with Gasteiger partial charge in [-0.15, -0.1) is 0 Å². The van der Waals surface area contributed by atoms with Gasteiger partial charge in [-0.1, -0.05) is 24.3 Å². The lowest BCUT2D eigenvalue weighted by Gasteiger charge is -2.34. The number of nitrogens with zero attached hydrogens (tertiary/aromatic N) is 4. The van der Waals surface area contributed by atoms with E-state index in [4.69, 9.17) is 14.3 Å². The van der Waals surface area contributed by atoms with Crippen LogP contribution in [0.3, 0.4) is 0 Å². The highest BCUT2D eigenvalue weighted by molar-refractivity contribution is 5.91. The van der Waals surface area contributed by atoms with Gasteiger partial charge in [0, 0.05) is 44.0 Å². The summed E-state index contributed by atoms with van der Waals surface area (Å²) in [5.74, 6) is 1.74. The van der Waals surface area contributed by atoms with E-state index in [-0.39, 0.29) is 5.91 Å². The maximum Gasteiger partial charge on any atom is 0.289 e. The Kier molecular flexibility index (Phi) is 7.15. The van der Waals surface area contributed by atoms with E-state index in [2.05, 4.69) is 36.9 Å². The molecule has 1 fully saturated rings. The molecule has 0 N–H and O–H groups in total. The van der Waals surface area contributed by atoms with Crippen molar-refractivity contribution in [2.75, 3.05) is 26.2 Å². The Hall–Kier alpha value is -3.84. The third-order valence-electron chi connectivity index (χ3n) is 6.93. The zero-order valence-corrected chi connectivity index (χ0v) is 22.0. The molecule has 7 heteroatoms. The molecule has 0 saturated carbocycles. The van der Waals surface area contributed by atoms with E-state index < -0.39 is 0 Å². The lowest BCUT2D eigenvalue weighted by atomic mass is 10.1. The first kappa shape index (κ1) is 24.8. The summed E-state index contributed by atoms with van der Waals surface area (Å²) in [5, 5.41) is 4.78. The van der Waals surface area contributed by atoms with Crippen molar-refractivity contribution in [1.29, 1.82) is 0 Å². The van der Waals surface area contributed by atoms with Crippen LogP contribution in [0, 0.1) is 27.7 Å². The van der Waals surface area contributed by atoms with Crippen LogP contribution in [0.15, 0.2) is 65.1 Å². The fourth-order valence-electron chi connectivity index (χ4n) is 4.95. The second-order valence-electron chi connectivity index (χ2n) is 9.84. The molecule has 1 saturated heterocycles. The Bertz CT molecular complexity index is 1360. The average Bonchev–Trinajstić information content (AvgIpc) is 3.48. The molecule has 2 aromatic heterocycles. The molecule has 0 atom stereocenters. The van der Waals surface area contributed by atoms with Crippen LogP contribution < -0.4 is 4.74 Å². The molecule has 0 spiro atoms. The second kappa shape index (κ2) is 10.6. The fourth-order valence-corrected chi connectivity index (χ4v) is 4.95. The van der Waals surface area contributed by atoms with Gasteiger partial charge in [0.2, 0.25) is 0 Å². The Balaban J connectivity index is 1.15. The van der Waals surface area contributed by atoms with Crippen molar-refractivity contribution in [1.82, 2.24) is 19.6 Å². The largest absolute Gasteiger partial charge is 0.486 e. The molecule has 2 aromatic carbocycles. The van der Waals surface area contributed by atoms with Gasteiger partial charge in [-0.05, 0) is 75.2 Å². The fraction of sp³-hybridized carbons (Fsp3) is 0.333. The molecule has 4 aromatic rings. The summed E-state index contributed by atoms with van der Waals surface area (Å²) in [7, 11) is 0. The molecule has 3 heterocycles. The van der Waals surface area contributed by atoms with Gasteiger partial charge in [0.05, 0.1) is 11.4 Å². The standard InChI is InChI=1S/C30H34N4O3/c1-21-16-22(2)18-27(17-21)36-20-26-10-11-29(37-26)30(35)33-14-12-32(13-15-33)19-28-23(3)31-34(24(28)4)25-8-6-5-7-9-25/h5-11,16-18H,12-15,19-20H2,1-4H3. The third-order valence-corrected chi connectivity index (χ3v) is 6.93. The number of hydrogen-bond donors (Lipinski definition) is 0. The predicted octanol–water partition coefficient (Wildman–Crippen LogP) is 5.24. The first-order valence-corrected chi connectivity index (χ1v) is 12.8. The third kappa shape index (κ3) is 5.62. The van der Waals surface area contributed by atoms with Crippen LogP contribution in [-0.2, 0) is 13.2 Å². The predicted molar refractivity (Wildman–Crippen MR) is 143 cm³/mol. The molecule has 1 aliphatic heterocycles. The van der Waals surface area contributed by atoms with E-state index in [0.29, 0.717) is 31.2 Å². The zero-order chi connectivity index (χ0) is 25.9. The summed E-state index contributed by atoms with van der Waals surface area (Å²) in [6.45, 7) is 12.4.